The van der Waals surface area contributed by atoms with Crippen LogP contribution in [0, 0.1) is 5.82 Å². The lowest BCUT2D eigenvalue weighted by atomic mass is 10.1. The van der Waals surface area contributed by atoms with Gasteiger partial charge >= 0.3 is 0 Å². The number of phenols is 1. The van der Waals surface area contributed by atoms with Gasteiger partial charge in [-0.15, -0.1) is 0 Å². The fourth-order valence-electron chi connectivity index (χ4n) is 3.93. The Morgan fingerprint density at radius 3 is 2.67 bits per heavy atom. The number of ether oxygens (including phenoxy) is 2. The second-order valence-corrected chi connectivity index (χ2v) is 7.84. The van der Waals surface area contributed by atoms with E-state index in [1.165, 1.54) is 26.4 Å². The first kappa shape index (κ1) is 22.4. The molecule has 2 heterocycles. The zero-order chi connectivity index (χ0) is 23.7. The van der Waals surface area contributed by atoms with Crippen LogP contribution in [0.2, 0.25) is 0 Å². The van der Waals surface area contributed by atoms with Gasteiger partial charge in [0.2, 0.25) is 11.7 Å². The summed E-state index contributed by atoms with van der Waals surface area (Å²) in [5.41, 5.74) is 0.956. The molecular formula is C23H26FN5O4. The average Bonchev–Trinajstić information content (AvgIpc) is 3.34. The molecule has 3 aromatic rings. The van der Waals surface area contributed by atoms with Crippen LogP contribution in [0.15, 0.2) is 34.1 Å². The van der Waals surface area contributed by atoms with E-state index in [-0.39, 0.29) is 46.5 Å². The third-order valence-electron chi connectivity index (χ3n) is 5.73. The van der Waals surface area contributed by atoms with Crippen LogP contribution in [0.25, 0.3) is 10.9 Å². The van der Waals surface area contributed by atoms with Crippen LogP contribution >= 0.6 is 0 Å². The number of methoxy groups -OCH3 is 2. The molecule has 0 fully saturated rings. The second-order valence-electron chi connectivity index (χ2n) is 7.84. The number of hydrogen-bond donors (Lipinski definition) is 2. The number of anilines is 2. The summed E-state index contributed by atoms with van der Waals surface area (Å²) in [7, 11) is 6.41. The number of aromatic nitrogens is 2. The molecule has 2 N–H and O–H groups in total. The highest BCUT2D eigenvalue weighted by Crippen LogP contribution is 2.40. The van der Waals surface area contributed by atoms with Gasteiger partial charge in [0.05, 0.1) is 19.7 Å². The molecule has 9 nitrogen and oxygen atoms in total. The lowest BCUT2D eigenvalue weighted by molar-refractivity contribution is 0.335. The molecule has 0 radical (unpaired) electrons. The van der Waals surface area contributed by atoms with Gasteiger partial charge in [-0.05, 0) is 24.6 Å². The average molecular weight is 455 g/mol. The number of benzene rings is 2. The molecule has 0 aliphatic carbocycles. The second kappa shape index (κ2) is 8.97. The predicted molar refractivity (Wildman–Crippen MR) is 126 cm³/mol. The van der Waals surface area contributed by atoms with Gasteiger partial charge < -0.3 is 24.4 Å². The summed E-state index contributed by atoms with van der Waals surface area (Å²) < 4.78 is 25.0. The highest BCUT2D eigenvalue weighted by Gasteiger charge is 2.20. The van der Waals surface area contributed by atoms with E-state index < -0.39 is 5.56 Å². The Labute approximate surface area is 190 Å². The third kappa shape index (κ3) is 4.15. The molecular weight excluding hydrogens is 429 g/mol. The monoisotopic (exact) mass is 455 g/mol. The van der Waals surface area contributed by atoms with E-state index in [1.807, 2.05) is 11.9 Å². The predicted octanol–water partition coefficient (Wildman–Crippen LogP) is 3.05. The molecule has 10 heteroatoms. The van der Waals surface area contributed by atoms with E-state index in [2.05, 4.69) is 15.0 Å². The number of nitrogens with zero attached hydrogens (tertiary/aromatic N) is 4. The Morgan fingerprint density at radius 1 is 1.21 bits per heavy atom. The van der Waals surface area contributed by atoms with E-state index in [0.29, 0.717) is 5.56 Å². The maximum atomic E-state index is 14.6. The lowest BCUT2D eigenvalue weighted by Crippen LogP contribution is -2.26. The van der Waals surface area contributed by atoms with Gasteiger partial charge in [-0.3, -0.25) is 14.8 Å². The zero-order valence-corrected chi connectivity index (χ0v) is 19.0. The van der Waals surface area contributed by atoms with Crippen LogP contribution in [0.5, 0.6) is 17.2 Å². The van der Waals surface area contributed by atoms with Gasteiger partial charge in [0, 0.05) is 50.9 Å². The van der Waals surface area contributed by atoms with Crippen LogP contribution < -0.4 is 24.8 Å². The summed E-state index contributed by atoms with van der Waals surface area (Å²) in [5, 5.41) is 10.5. The maximum Gasteiger partial charge on any atom is 0.264 e. The van der Waals surface area contributed by atoms with Crippen molar-refractivity contribution in [3.05, 3.63) is 46.0 Å². The Hall–Kier alpha value is -3.82. The van der Waals surface area contributed by atoms with Gasteiger partial charge in [-0.1, -0.05) is 0 Å². The number of phenolic OH excluding ortho intramolecular Hbond substituents is 1. The van der Waals surface area contributed by atoms with E-state index in [4.69, 9.17) is 9.47 Å². The SMILES string of the molecule is COc1cc2nc(N(C)Cc3cc(N(C)C4=NCCC4)ccc3F)[nH]c(=O)c2c(O)c1OC. The van der Waals surface area contributed by atoms with Gasteiger partial charge in [-0.25, -0.2) is 9.37 Å². The minimum Gasteiger partial charge on any atom is -0.504 e. The molecule has 4 rings (SSSR count). The van der Waals surface area contributed by atoms with Crippen molar-refractivity contribution in [3.63, 3.8) is 0 Å². The molecule has 0 amide bonds. The molecule has 0 saturated carbocycles. The summed E-state index contributed by atoms with van der Waals surface area (Å²) in [6.45, 7) is 0.970. The molecule has 0 saturated heterocycles. The zero-order valence-electron chi connectivity index (χ0n) is 19.0. The third-order valence-corrected chi connectivity index (χ3v) is 5.73. The van der Waals surface area contributed by atoms with E-state index in [9.17, 15) is 14.3 Å². The van der Waals surface area contributed by atoms with E-state index in [1.54, 1.807) is 24.1 Å². The Balaban J connectivity index is 1.67. The lowest BCUT2D eigenvalue weighted by Gasteiger charge is -2.22. The van der Waals surface area contributed by atoms with Crippen molar-refractivity contribution in [3.8, 4) is 17.2 Å². The first-order valence-corrected chi connectivity index (χ1v) is 10.5. The fraction of sp³-hybridized carbons (Fsp3) is 0.348. The number of halogens is 1. The minimum absolute atomic E-state index is 0.0167. The number of rotatable bonds is 6. The molecule has 0 atom stereocenters. The van der Waals surface area contributed by atoms with E-state index >= 15 is 0 Å². The number of hydrogen-bond acceptors (Lipinski definition) is 8. The number of aromatic amines is 1. The molecule has 1 aliphatic rings. The molecule has 2 aromatic carbocycles. The summed E-state index contributed by atoms with van der Waals surface area (Å²) in [6.07, 6.45) is 1.91. The van der Waals surface area contributed by atoms with Crippen LogP contribution in [0.1, 0.15) is 18.4 Å². The molecule has 1 aromatic heterocycles. The highest BCUT2D eigenvalue weighted by atomic mass is 19.1. The van der Waals surface area contributed by atoms with Crippen molar-refractivity contribution in [2.24, 2.45) is 4.99 Å². The number of aromatic hydroxyl groups is 1. The van der Waals surface area contributed by atoms with Crippen molar-refractivity contribution in [1.29, 1.82) is 0 Å². The molecule has 0 spiro atoms. The van der Waals surface area contributed by atoms with Crippen LogP contribution in [0.3, 0.4) is 0 Å². The van der Waals surface area contributed by atoms with Gasteiger partial charge in [0.25, 0.3) is 5.56 Å². The number of nitrogens with one attached hydrogen (secondary N) is 1. The first-order chi connectivity index (χ1) is 15.8. The van der Waals surface area contributed by atoms with Gasteiger partial charge in [0.15, 0.2) is 11.5 Å². The Kier molecular flexibility index (Phi) is 6.08. The van der Waals surface area contributed by atoms with Crippen LogP contribution in [-0.2, 0) is 6.54 Å². The van der Waals surface area contributed by atoms with Crippen molar-refractivity contribution < 1.29 is 19.0 Å². The minimum atomic E-state index is -0.548. The molecule has 33 heavy (non-hydrogen) atoms. The van der Waals surface area contributed by atoms with Gasteiger partial charge in [0.1, 0.15) is 17.0 Å². The molecule has 174 valence electrons. The number of H-pyrrole nitrogens is 1. The topological polar surface area (TPSA) is 103 Å². The number of amidine groups is 1. The summed E-state index contributed by atoms with van der Waals surface area (Å²) >= 11 is 0. The summed E-state index contributed by atoms with van der Waals surface area (Å²) in [4.78, 5) is 27.9. The van der Waals surface area contributed by atoms with Crippen molar-refractivity contribution in [1.82, 2.24) is 9.97 Å². The normalized spacial score (nSPS) is 13.2. The Morgan fingerprint density at radius 2 is 2.00 bits per heavy atom. The first-order valence-electron chi connectivity index (χ1n) is 10.5. The van der Waals surface area contributed by atoms with Crippen LogP contribution in [0.4, 0.5) is 16.0 Å². The number of aliphatic imine (C=N–C) groups is 1. The van der Waals surface area contributed by atoms with Gasteiger partial charge in [-0.2, -0.15) is 0 Å². The largest absolute Gasteiger partial charge is 0.504 e. The smallest absolute Gasteiger partial charge is 0.264 e. The maximum absolute atomic E-state index is 14.6. The van der Waals surface area contributed by atoms with E-state index in [0.717, 1.165) is 30.9 Å². The standard InChI is InChI=1S/C23H26FN5O4/c1-28(12-13-10-14(7-8-15(13)24)29(2)18-6-5-9-25-18)23-26-16-11-17(32-3)21(33-4)20(30)19(16)22(31)27-23/h7-8,10-11,30H,5-6,9,12H2,1-4H3,(H,26,27,31). The summed E-state index contributed by atoms with van der Waals surface area (Å²) in [5.74, 6) is 0.771. The van der Waals surface area contributed by atoms with Crippen LogP contribution in [-0.4, -0.2) is 55.8 Å². The summed E-state index contributed by atoms with van der Waals surface area (Å²) in [6, 6.07) is 6.43. The quantitative estimate of drug-likeness (QED) is 0.589. The van der Waals surface area contributed by atoms with Crippen molar-refractivity contribution >= 4 is 28.4 Å². The molecule has 0 bridgehead atoms. The molecule has 1 aliphatic heterocycles. The fourth-order valence-corrected chi connectivity index (χ4v) is 3.93. The Bertz CT molecular complexity index is 1290. The van der Waals surface area contributed by atoms with Crippen molar-refractivity contribution in [2.75, 3.05) is 44.7 Å². The highest BCUT2D eigenvalue weighted by molar-refractivity contribution is 5.98. The number of fused-ring (bicyclic) bond motifs is 1. The van der Waals surface area contributed by atoms with Crippen molar-refractivity contribution in [2.45, 2.75) is 19.4 Å². The molecule has 0 unspecified atom stereocenters.